The summed E-state index contributed by atoms with van der Waals surface area (Å²) in [5.41, 5.74) is 0.879. The van der Waals surface area contributed by atoms with E-state index in [0.29, 0.717) is 52.9 Å². The number of hydrogen-bond donors (Lipinski definition) is 1. The van der Waals surface area contributed by atoms with Crippen LogP contribution in [0, 0.1) is 5.82 Å². The molecule has 0 spiro atoms. The molecular weight excluding hydrogens is 516 g/mol. The second kappa shape index (κ2) is 11.2. The van der Waals surface area contributed by atoms with Crippen LogP contribution in [0.2, 0.25) is 10.2 Å². The van der Waals surface area contributed by atoms with E-state index >= 15 is 0 Å². The molecule has 2 aliphatic rings. The first kappa shape index (κ1) is 26.3. The summed E-state index contributed by atoms with van der Waals surface area (Å²) in [6, 6.07) is 5.76. The predicted molar refractivity (Wildman–Crippen MR) is 145 cm³/mol. The molecule has 1 N–H and O–H groups in total. The third kappa shape index (κ3) is 5.60. The first-order valence-corrected chi connectivity index (χ1v) is 13.7. The molecule has 1 aromatic carbocycles. The van der Waals surface area contributed by atoms with E-state index in [1.165, 1.54) is 6.07 Å². The molecule has 2 fully saturated rings. The van der Waals surface area contributed by atoms with E-state index in [9.17, 15) is 9.18 Å². The van der Waals surface area contributed by atoms with Crippen molar-refractivity contribution in [2.24, 2.45) is 0 Å². The molecule has 2 aromatic heterocycles. The maximum absolute atomic E-state index is 14.3. The number of nitrogens with one attached hydrogen (secondary N) is 1. The molecule has 0 saturated carbocycles. The Morgan fingerprint density at radius 2 is 1.86 bits per heavy atom. The second-order valence-corrected chi connectivity index (χ2v) is 10.7. The second-order valence-electron chi connectivity index (χ2n) is 9.87. The summed E-state index contributed by atoms with van der Waals surface area (Å²) in [4.78, 5) is 35.7. The Balaban J connectivity index is 1.25. The van der Waals surface area contributed by atoms with Crippen molar-refractivity contribution in [2.45, 2.75) is 58.2 Å². The maximum Gasteiger partial charge on any atom is 0.279 e. The Labute approximate surface area is 225 Å². The third-order valence-electron chi connectivity index (χ3n) is 7.60. The van der Waals surface area contributed by atoms with Gasteiger partial charge in [-0.1, -0.05) is 43.1 Å². The van der Waals surface area contributed by atoms with E-state index in [-0.39, 0.29) is 22.0 Å². The molecule has 8 nitrogen and oxygen atoms in total. The Morgan fingerprint density at radius 1 is 1.08 bits per heavy atom. The smallest absolute Gasteiger partial charge is 0.279 e. The molecule has 5 rings (SSSR count). The van der Waals surface area contributed by atoms with E-state index in [4.69, 9.17) is 23.2 Å². The number of aromatic nitrogens is 4. The van der Waals surface area contributed by atoms with Crippen LogP contribution in [0.5, 0.6) is 0 Å². The van der Waals surface area contributed by atoms with Crippen molar-refractivity contribution >= 4 is 40.2 Å². The Hall–Kier alpha value is -2.33. The SMILES string of the molecule is CCc1nc2nc(N3CCN(C4CCN(Cc5ccc(Cl)cc5F)CC4)[C@@H](CC)C3)c(Cl)nc2c(=O)[nH]1. The van der Waals surface area contributed by atoms with Gasteiger partial charge in [-0.25, -0.2) is 19.3 Å². The van der Waals surface area contributed by atoms with Crippen LogP contribution in [0.1, 0.15) is 44.5 Å². The van der Waals surface area contributed by atoms with Crippen molar-refractivity contribution in [3.63, 3.8) is 0 Å². The minimum atomic E-state index is -0.316. The van der Waals surface area contributed by atoms with Crippen molar-refractivity contribution in [1.82, 2.24) is 29.7 Å². The van der Waals surface area contributed by atoms with Crippen molar-refractivity contribution in [3.05, 3.63) is 55.9 Å². The lowest BCUT2D eigenvalue weighted by Gasteiger charge is -2.47. The van der Waals surface area contributed by atoms with Gasteiger partial charge in [0, 0.05) is 55.3 Å². The standard InChI is InChI=1S/C26H32Cl2FN7O/c1-3-18-15-35(25-23(28)32-22-24(33-25)30-21(4-2)31-26(22)37)11-12-36(18)19-7-9-34(10-8-19)14-16-5-6-17(27)13-20(16)29/h5-6,13,18-19H,3-4,7-12,14-15H2,1-2H3,(H,30,31,33,37)/t18-/m0/s1. The number of fused-ring (bicyclic) bond motifs is 1. The lowest BCUT2D eigenvalue weighted by atomic mass is 9.98. The van der Waals surface area contributed by atoms with E-state index in [1.54, 1.807) is 12.1 Å². The molecule has 198 valence electrons. The van der Waals surface area contributed by atoms with Crippen molar-refractivity contribution in [3.8, 4) is 0 Å². The molecule has 0 amide bonds. The number of likely N-dealkylation sites (tertiary alicyclic amines) is 1. The lowest BCUT2D eigenvalue weighted by molar-refractivity contribution is 0.0607. The number of H-pyrrole nitrogens is 1. The minimum absolute atomic E-state index is 0.168. The molecule has 3 aromatic rings. The van der Waals surface area contributed by atoms with Crippen LogP contribution < -0.4 is 10.5 Å². The fourth-order valence-electron chi connectivity index (χ4n) is 5.55. The molecule has 4 heterocycles. The molecule has 0 unspecified atom stereocenters. The summed E-state index contributed by atoms with van der Waals surface area (Å²) in [5, 5.41) is 0.659. The van der Waals surface area contributed by atoms with Crippen LogP contribution in [-0.4, -0.2) is 74.5 Å². The number of halogens is 3. The Kier molecular flexibility index (Phi) is 7.95. The summed E-state index contributed by atoms with van der Waals surface area (Å²) in [5.74, 6) is 0.937. The monoisotopic (exact) mass is 547 g/mol. The van der Waals surface area contributed by atoms with Gasteiger partial charge in [0.05, 0.1) is 0 Å². The zero-order chi connectivity index (χ0) is 26.1. The van der Waals surface area contributed by atoms with Crippen LogP contribution >= 0.6 is 23.2 Å². The fourth-order valence-corrected chi connectivity index (χ4v) is 5.95. The highest BCUT2D eigenvalue weighted by Gasteiger charge is 2.34. The third-order valence-corrected chi connectivity index (χ3v) is 8.09. The fraction of sp³-hybridized carbons (Fsp3) is 0.538. The number of benzene rings is 1. The summed E-state index contributed by atoms with van der Waals surface area (Å²) in [7, 11) is 0. The lowest BCUT2D eigenvalue weighted by Crippen LogP contribution is -2.58. The first-order chi connectivity index (χ1) is 17.9. The Bertz CT molecular complexity index is 1330. The zero-order valence-electron chi connectivity index (χ0n) is 21.2. The number of aryl methyl sites for hydroxylation is 1. The molecular formula is C26H32Cl2FN7O. The summed E-state index contributed by atoms with van der Waals surface area (Å²) in [6.45, 7) is 9.08. The summed E-state index contributed by atoms with van der Waals surface area (Å²) in [6.07, 6.45) is 3.71. The van der Waals surface area contributed by atoms with E-state index in [0.717, 1.165) is 52.0 Å². The van der Waals surface area contributed by atoms with Gasteiger partial charge in [0.1, 0.15) is 11.6 Å². The molecule has 2 aliphatic heterocycles. The molecule has 1 atom stereocenters. The van der Waals surface area contributed by atoms with Gasteiger partial charge in [-0.2, -0.15) is 0 Å². The van der Waals surface area contributed by atoms with Crippen molar-refractivity contribution in [2.75, 3.05) is 37.6 Å². The largest absolute Gasteiger partial charge is 0.351 e. The highest BCUT2D eigenvalue weighted by Crippen LogP contribution is 2.29. The van der Waals surface area contributed by atoms with E-state index < -0.39 is 0 Å². The van der Waals surface area contributed by atoms with Gasteiger partial charge in [-0.05, 0) is 44.5 Å². The number of hydrogen-bond acceptors (Lipinski definition) is 7. The first-order valence-electron chi connectivity index (χ1n) is 13.0. The van der Waals surface area contributed by atoms with Gasteiger partial charge in [-0.3, -0.25) is 14.6 Å². The van der Waals surface area contributed by atoms with Crippen LogP contribution in [-0.2, 0) is 13.0 Å². The molecule has 2 saturated heterocycles. The van der Waals surface area contributed by atoms with Gasteiger partial charge < -0.3 is 9.88 Å². The van der Waals surface area contributed by atoms with Crippen molar-refractivity contribution < 1.29 is 4.39 Å². The van der Waals surface area contributed by atoms with E-state index in [1.807, 2.05) is 6.92 Å². The van der Waals surface area contributed by atoms with Crippen LogP contribution in [0.3, 0.4) is 0 Å². The van der Waals surface area contributed by atoms with Crippen LogP contribution in [0.25, 0.3) is 11.2 Å². The van der Waals surface area contributed by atoms with Crippen LogP contribution in [0.15, 0.2) is 23.0 Å². The minimum Gasteiger partial charge on any atom is -0.351 e. The highest BCUT2D eigenvalue weighted by atomic mass is 35.5. The number of rotatable bonds is 6. The number of piperidine rings is 1. The predicted octanol–water partition coefficient (Wildman–Crippen LogP) is 4.29. The van der Waals surface area contributed by atoms with Gasteiger partial charge in [0.2, 0.25) is 0 Å². The molecule has 37 heavy (non-hydrogen) atoms. The average Bonchev–Trinajstić information content (AvgIpc) is 2.90. The maximum atomic E-state index is 14.3. The summed E-state index contributed by atoms with van der Waals surface area (Å²) >= 11 is 12.4. The van der Waals surface area contributed by atoms with Gasteiger partial charge >= 0.3 is 0 Å². The molecule has 0 bridgehead atoms. The van der Waals surface area contributed by atoms with Crippen molar-refractivity contribution in [1.29, 1.82) is 0 Å². The average molecular weight is 548 g/mol. The Morgan fingerprint density at radius 3 is 2.57 bits per heavy atom. The molecule has 0 aliphatic carbocycles. The number of nitrogens with zero attached hydrogens (tertiary/aromatic N) is 6. The number of anilines is 1. The highest BCUT2D eigenvalue weighted by molar-refractivity contribution is 6.32. The normalized spacial score (nSPS) is 20.1. The topological polar surface area (TPSA) is 81.2 Å². The summed E-state index contributed by atoms with van der Waals surface area (Å²) < 4.78 is 14.3. The number of piperazine rings is 1. The van der Waals surface area contributed by atoms with Gasteiger partial charge in [0.15, 0.2) is 22.1 Å². The van der Waals surface area contributed by atoms with E-state index in [2.05, 4.69) is 41.6 Å². The van der Waals surface area contributed by atoms with Crippen LogP contribution in [0.4, 0.5) is 10.2 Å². The van der Waals surface area contributed by atoms with Gasteiger partial charge in [-0.15, -0.1) is 0 Å². The molecule has 11 heteroatoms. The quantitative estimate of drug-likeness (QED) is 0.493. The zero-order valence-corrected chi connectivity index (χ0v) is 22.7. The number of aromatic amines is 1. The molecule has 0 radical (unpaired) electrons. The van der Waals surface area contributed by atoms with Gasteiger partial charge in [0.25, 0.3) is 5.56 Å².